The summed E-state index contributed by atoms with van der Waals surface area (Å²) in [7, 11) is 0. The fourth-order valence-corrected chi connectivity index (χ4v) is 0.856. The molecule has 0 fully saturated rings. The van der Waals surface area contributed by atoms with E-state index in [4.69, 9.17) is 5.11 Å². The molecule has 0 unspecified atom stereocenters. The Kier molecular flexibility index (Phi) is 8.60. The summed E-state index contributed by atoms with van der Waals surface area (Å²) in [6.45, 7) is 10.1. The van der Waals surface area contributed by atoms with Gasteiger partial charge in [0.15, 0.2) is 0 Å². The molecule has 0 aromatic rings. The van der Waals surface area contributed by atoms with E-state index in [0.717, 1.165) is 0 Å². The minimum Gasteiger partial charge on any atom is -0.377 e. The van der Waals surface area contributed by atoms with Crippen LogP contribution in [0.5, 0.6) is 0 Å². The maximum atomic E-state index is 11.0. The largest absolute Gasteiger partial charge is 0.423 e. The molecule has 0 saturated carbocycles. The quantitative estimate of drug-likeness (QED) is 0.796. The van der Waals surface area contributed by atoms with Crippen LogP contribution in [-0.2, 0) is 0 Å². The van der Waals surface area contributed by atoms with Crippen LogP contribution in [0.4, 0.5) is 26.3 Å². The summed E-state index contributed by atoms with van der Waals surface area (Å²) in [6, 6.07) is 0. The van der Waals surface area contributed by atoms with E-state index in [2.05, 4.69) is 25.7 Å². The van der Waals surface area contributed by atoms with Gasteiger partial charge in [-0.1, -0.05) is 20.8 Å². The van der Waals surface area contributed by atoms with E-state index in [1.165, 1.54) is 19.6 Å². The first-order chi connectivity index (χ1) is 7.50. The van der Waals surface area contributed by atoms with Crippen molar-refractivity contribution in [1.82, 2.24) is 4.90 Å². The minimum atomic E-state index is -5.63. The standard InChI is InChI=1S/C6H15N.C3H2F6O/c1-4-7(5-2)6-3;4-2(5,6)1(10)3(7,8)9/h4-6H2,1-3H3;1,10H. The number of hydrogen-bond donors (Lipinski definition) is 1. The predicted molar refractivity (Wildman–Crippen MR) is 51.6 cm³/mol. The first-order valence-electron chi connectivity index (χ1n) is 5.04. The van der Waals surface area contributed by atoms with Gasteiger partial charge in [0, 0.05) is 0 Å². The SMILES string of the molecule is CCN(CC)CC.OC(C(F)(F)F)C(F)(F)F. The summed E-state index contributed by atoms with van der Waals surface area (Å²) in [5.41, 5.74) is 0. The van der Waals surface area contributed by atoms with E-state index < -0.39 is 18.5 Å². The second kappa shape index (κ2) is 7.75. The van der Waals surface area contributed by atoms with Crippen LogP contribution in [0.15, 0.2) is 0 Å². The maximum Gasteiger partial charge on any atom is 0.423 e. The number of aliphatic hydroxyl groups excluding tert-OH is 1. The Morgan fingerprint density at radius 2 is 1.06 bits per heavy atom. The van der Waals surface area contributed by atoms with Gasteiger partial charge < -0.3 is 10.0 Å². The van der Waals surface area contributed by atoms with Crippen LogP contribution in [0.2, 0.25) is 0 Å². The third-order valence-corrected chi connectivity index (χ3v) is 1.96. The Morgan fingerprint density at radius 3 is 1.06 bits per heavy atom. The van der Waals surface area contributed by atoms with Crippen molar-refractivity contribution in [2.45, 2.75) is 39.2 Å². The van der Waals surface area contributed by atoms with Crippen molar-refractivity contribution in [3.8, 4) is 0 Å². The van der Waals surface area contributed by atoms with Crippen LogP contribution in [-0.4, -0.2) is 48.1 Å². The molecule has 17 heavy (non-hydrogen) atoms. The summed E-state index contributed by atoms with van der Waals surface area (Å²) in [5, 5.41) is 7.47. The first kappa shape index (κ1) is 18.9. The molecule has 0 aliphatic heterocycles. The van der Waals surface area contributed by atoms with E-state index in [-0.39, 0.29) is 0 Å². The van der Waals surface area contributed by atoms with Crippen LogP contribution in [0.1, 0.15) is 20.8 Å². The number of hydrogen-bond acceptors (Lipinski definition) is 2. The average molecular weight is 269 g/mol. The summed E-state index contributed by atoms with van der Waals surface area (Å²) in [5.74, 6) is 0. The molecular formula is C9H17F6NO. The van der Waals surface area contributed by atoms with Crippen molar-refractivity contribution >= 4 is 0 Å². The first-order valence-corrected chi connectivity index (χ1v) is 5.04. The molecule has 0 aromatic carbocycles. The van der Waals surface area contributed by atoms with E-state index in [1.54, 1.807) is 0 Å². The Morgan fingerprint density at radius 1 is 0.824 bits per heavy atom. The van der Waals surface area contributed by atoms with Gasteiger partial charge in [-0.25, -0.2) is 0 Å². The lowest BCUT2D eigenvalue weighted by Gasteiger charge is -2.16. The van der Waals surface area contributed by atoms with Crippen molar-refractivity contribution in [3.63, 3.8) is 0 Å². The zero-order valence-electron chi connectivity index (χ0n) is 9.86. The third-order valence-electron chi connectivity index (χ3n) is 1.96. The van der Waals surface area contributed by atoms with Gasteiger partial charge in [-0.3, -0.25) is 0 Å². The smallest absolute Gasteiger partial charge is 0.377 e. The molecule has 0 bridgehead atoms. The minimum absolute atomic E-state index is 1.19. The zero-order valence-corrected chi connectivity index (χ0v) is 9.86. The van der Waals surface area contributed by atoms with Gasteiger partial charge in [0.05, 0.1) is 0 Å². The van der Waals surface area contributed by atoms with Gasteiger partial charge in [0.1, 0.15) is 0 Å². The zero-order chi connectivity index (χ0) is 14.3. The second-order valence-electron chi connectivity index (χ2n) is 3.11. The number of aliphatic hydroxyl groups is 1. The van der Waals surface area contributed by atoms with Crippen molar-refractivity contribution in [3.05, 3.63) is 0 Å². The highest BCUT2D eigenvalue weighted by atomic mass is 19.4. The molecule has 8 heteroatoms. The fraction of sp³-hybridized carbons (Fsp3) is 1.00. The van der Waals surface area contributed by atoms with E-state index in [1.807, 2.05) is 0 Å². The molecule has 0 aliphatic carbocycles. The number of alkyl halides is 6. The highest BCUT2D eigenvalue weighted by Gasteiger charge is 2.55. The highest BCUT2D eigenvalue weighted by Crippen LogP contribution is 2.32. The number of halogens is 6. The highest BCUT2D eigenvalue weighted by molar-refractivity contribution is 4.72. The molecule has 0 amide bonds. The molecule has 2 nitrogen and oxygen atoms in total. The van der Waals surface area contributed by atoms with Crippen LogP contribution in [0.25, 0.3) is 0 Å². The Hall–Kier alpha value is -0.500. The maximum absolute atomic E-state index is 11.0. The Bertz CT molecular complexity index is 167. The normalized spacial score (nSPS) is 12.7. The monoisotopic (exact) mass is 269 g/mol. The molecule has 0 atom stereocenters. The Balaban J connectivity index is 0. The molecule has 1 N–H and O–H groups in total. The van der Waals surface area contributed by atoms with Crippen LogP contribution in [0, 0.1) is 0 Å². The molecule has 0 saturated heterocycles. The lowest BCUT2D eigenvalue weighted by atomic mass is 10.3. The topological polar surface area (TPSA) is 23.5 Å². The van der Waals surface area contributed by atoms with Gasteiger partial charge in [0.25, 0.3) is 0 Å². The Labute approximate surface area is 96.2 Å². The van der Waals surface area contributed by atoms with E-state index in [0.29, 0.717) is 0 Å². The van der Waals surface area contributed by atoms with E-state index >= 15 is 0 Å². The average Bonchev–Trinajstić information content (AvgIpc) is 2.17. The lowest BCUT2D eigenvalue weighted by molar-refractivity contribution is -0.308. The molecular weight excluding hydrogens is 252 g/mol. The fourth-order valence-electron chi connectivity index (χ4n) is 0.856. The number of nitrogens with zero attached hydrogens (tertiary/aromatic N) is 1. The molecule has 0 radical (unpaired) electrons. The van der Waals surface area contributed by atoms with Crippen LogP contribution in [0.3, 0.4) is 0 Å². The van der Waals surface area contributed by atoms with E-state index in [9.17, 15) is 26.3 Å². The molecule has 0 aliphatic rings. The summed E-state index contributed by atoms with van der Waals surface area (Å²) in [4.78, 5) is 2.38. The van der Waals surface area contributed by atoms with Crippen molar-refractivity contribution in [1.29, 1.82) is 0 Å². The van der Waals surface area contributed by atoms with Gasteiger partial charge >= 0.3 is 12.4 Å². The summed E-state index contributed by atoms with van der Waals surface area (Å²) >= 11 is 0. The number of rotatable bonds is 3. The van der Waals surface area contributed by atoms with Crippen molar-refractivity contribution in [2.75, 3.05) is 19.6 Å². The molecule has 0 spiro atoms. The molecule has 0 aromatic heterocycles. The molecule has 0 heterocycles. The molecule has 0 rings (SSSR count). The summed E-state index contributed by atoms with van der Waals surface area (Å²) in [6.07, 6.45) is -15.5. The second-order valence-corrected chi connectivity index (χ2v) is 3.11. The van der Waals surface area contributed by atoms with Gasteiger partial charge in [0.2, 0.25) is 6.10 Å². The van der Waals surface area contributed by atoms with Crippen LogP contribution >= 0.6 is 0 Å². The van der Waals surface area contributed by atoms with Gasteiger partial charge in [-0.2, -0.15) is 26.3 Å². The molecule has 106 valence electrons. The van der Waals surface area contributed by atoms with Crippen LogP contribution < -0.4 is 0 Å². The van der Waals surface area contributed by atoms with Crippen molar-refractivity contribution in [2.24, 2.45) is 0 Å². The van der Waals surface area contributed by atoms with Crippen molar-refractivity contribution < 1.29 is 31.4 Å². The predicted octanol–water partition coefficient (Wildman–Crippen LogP) is 2.82. The lowest BCUT2D eigenvalue weighted by Crippen LogP contribution is -2.41. The van der Waals surface area contributed by atoms with Gasteiger partial charge in [-0.15, -0.1) is 0 Å². The van der Waals surface area contributed by atoms with Gasteiger partial charge in [-0.05, 0) is 19.6 Å². The summed E-state index contributed by atoms with van der Waals surface area (Å²) < 4.78 is 65.9. The third kappa shape index (κ3) is 9.22.